The maximum Gasteiger partial charge on any atom is 0.505 e. The van der Waals surface area contributed by atoms with Crippen LogP contribution in [0.15, 0.2) is 0 Å². The molecule has 1 atom stereocenters. The van der Waals surface area contributed by atoms with Gasteiger partial charge in [0, 0.05) is 0 Å². The summed E-state index contributed by atoms with van der Waals surface area (Å²) < 4.78 is 16.5. The molecule has 5 nitrogen and oxygen atoms in total. The Morgan fingerprint density at radius 1 is 1.86 bits per heavy atom. The summed E-state index contributed by atoms with van der Waals surface area (Å²) in [6.45, 7) is 0. The van der Waals surface area contributed by atoms with Crippen LogP contribution < -0.4 is 5.90 Å². The Morgan fingerprint density at radius 2 is 2.29 bits per heavy atom. The molecule has 3 N–H and O–H groups in total. The van der Waals surface area contributed by atoms with Gasteiger partial charge in [-0.25, -0.2) is 10.5 Å². The van der Waals surface area contributed by atoms with E-state index in [9.17, 15) is 4.57 Å². The first-order chi connectivity index (χ1) is 3.12. The highest BCUT2D eigenvalue weighted by atomic mass is 35.5. The van der Waals surface area contributed by atoms with E-state index in [1.165, 1.54) is 0 Å². The van der Waals surface area contributed by atoms with E-state index in [1.54, 1.807) is 0 Å². The zero-order chi connectivity index (χ0) is 5.91. The normalized spacial score (nSPS) is 18.7. The monoisotopic (exact) mass is 147 g/mol. The Hall–Kier alpha value is 0.360. The standard InChI is InChI=1S/ClH3NO4P/c1-5-7(3,4)6-2/h2H2,(H,3,4). The van der Waals surface area contributed by atoms with Crippen molar-refractivity contribution in [3.8, 4) is 0 Å². The number of nitrogens with two attached hydrogens (primary N) is 1. The van der Waals surface area contributed by atoms with Gasteiger partial charge in [0.1, 0.15) is 0 Å². The smallest absolute Gasteiger partial charge is 0.301 e. The van der Waals surface area contributed by atoms with E-state index in [0.29, 0.717) is 0 Å². The third-order valence-electron chi connectivity index (χ3n) is 0.220. The van der Waals surface area contributed by atoms with Crippen molar-refractivity contribution in [2.75, 3.05) is 0 Å². The van der Waals surface area contributed by atoms with E-state index in [2.05, 4.69) is 26.5 Å². The topological polar surface area (TPSA) is 81.8 Å². The van der Waals surface area contributed by atoms with Gasteiger partial charge in [0.05, 0.1) is 11.9 Å². The van der Waals surface area contributed by atoms with Crippen LogP contribution in [0, 0.1) is 0 Å². The van der Waals surface area contributed by atoms with Crippen molar-refractivity contribution in [2.24, 2.45) is 5.90 Å². The molecule has 0 bridgehead atoms. The molecule has 0 aliphatic rings. The summed E-state index contributed by atoms with van der Waals surface area (Å²) >= 11 is 4.38. The molecule has 44 valence electrons. The first-order valence-corrected chi connectivity index (χ1v) is 2.94. The van der Waals surface area contributed by atoms with Crippen molar-refractivity contribution in [1.82, 2.24) is 0 Å². The number of phosphoric acid groups is 1. The largest absolute Gasteiger partial charge is 0.505 e. The second kappa shape index (κ2) is 2.61. The van der Waals surface area contributed by atoms with E-state index in [0.717, 1.165) is 0 Å². The quantitative estimate of drug-likeness (QED) is 0.429. The molecule has 0 rings (SSSR count). The Kier molecular flexibility index (Phi) is 2.75. The van der Waals surface area contributed by atoms with Crippen LogP contribution in [0.4, 0.5) is 0 Å². The van der Waals surface area contributed by atoms with Crippen molar-refractivity contribution < 1.29 is 18.2 Å². The molecule has 7 heteroatoms. The lowest BCUT2D eigenvalue weighted by atomic mass is 13.6. The Morgan fingerprint density at radius 3 is 2.29 bits per heavy atom. The van der Waals surface area contributed by atoms with Gasteiger partial charge in [0.15, 0.2) is 0 Å². The SMILES string of the molecule is NOP(=O)(O)OCl. The Bertz CT molecular complexity index is 83.7. The van der Waals surface area contributed by atoms with Gasteiger partial charge in [-0.15, -0.1) is 0 Å². The highest BCUT2D eigenvalue weighted by molar-refractivity contribution is 7.48. The summed E-state index contributed by atoms with van der Waals surface area (Å²) in [7, 11) is -4.11. The summed E-state index contributed by atoms with van der Waals surface area (Å²) in [4.78, 5) is 7.99. The molecular weight excluding hydrogens is 144 g/mol. The molecule has 0 aromatic rings. The molecule has 7 heavy (non-hydrogen) atoms. The molecule has 0 saturated heterocycles. The maximum atomic E-state index is 9.81. The molecule has 0 aliphatic heterocycles. The van der Waals surface area contributed by atoms with Gasteiger partial charge in [-0.1, -0.05) is 0 Å². The lowest BCUT2D eigenvalue weighted by molar-refractivity contribution is 0.213. The highest BCUT2D eigenvalue weighted by Gasteiger charge is 2.17. The number of hydrogen-bond acceptors (Lipinski definition) is 4. The number of halogens is 1. The van der Waals surface area contributed by atoms with Crippen molar-refractivity contribution >= 4 is 19.7 Å². The van der Waals surface area contributed by atoms with Crippen molar-refractivity contribution in [1.29, 1.82) is 0 Å². The predicted molar refractivity (Wildman–Crippen MR) is 22.0 cm³/mol. The third-order valence-corrected chi connectivity index (χ3v) is 1.18. The van der Waals surface area contributed by atoms with E-state index in [4.69, 9.17) is 4.89 Å². The van der Waals surface area contributed by atoms with Crippen molar-refractivity contribution in [2.45, 2.75) is 0 Å². The molecule has 0 aromatic carbocycles. The summed E-state index contributed by atoms with van der Waals surface area (Å²) in [6.07, 6.45) is 0. The van der Waals surface area contributed by atoms with E-state index in [-0.39, 0.29) is 0 Å². The molecule has 0 radical (unpaired) electrons. The zero-order valence-corrected chi connectivity index (χ0v) is 4.72. The predicted octanol–water partition coefficient (Wildman–Crippen LogP) is 0.148. The Balaban J connectivity index is 3.61. The van der Waals surface area contributed by atoms with Crippen LogP contribution in [0.5, 0.6) is 0 Å². The molecule has 0 amide bonds. The van der Waals surface area contributed by atoms with Crippen LogP contribution in [-0.2, 0) is 13.3 Å². The maximum absolute atomic E-state index is 9.81. The summed E-state index contributed by atoms with van der Waals surface area (Å²) in [5, 5.41) is 0. The number of hydrogen-bond donors (Lipinski definition) is 2. The first-order valence-electron chi connectivity index (χ1n) is 1.14. The Labute approximate surface area is 44.7 Å². The molecule has 0 spiro atoms. The minimum absolute atomic E-state index is 3.32. The third kappa shape index (κ3) is 2.99. The van der Waals surface area contributed by atoms with E-state index in [1.807, 2.05) is 0 Å². The van der Waals surface area contributed by atoms with Crippen LogP contribution in [0.25, 0.3) is 0 Å². The van der Waals surface area contributed by atoms with Gasteiger partial charge in [0.2, 0.25) is 0 Å². The van der Waals surface area contributed by atoms with E-state index < -0.39 is 7.82 Å². The van der Waals surface area contributed by atoms with Crippen LogP contribution in [0.3, 0.4) is 0 Å². The van der Waals surface area contributed by atoms with Crippen LogP contribution in [0.1, 0.15) is 0 Å². The molecule has 0 aliphatic carbocycles. The minimum atomic E-state index is -4.11. The summed E-state index contributed by atoms with van der Waals surface area (Å²) in [5.74, 6) is 4.19. The molecule has 0 heterocycles. The average Bonchev–Trinajstić information content (AvgIpc) is 1.68. The lowest BCUT2D eigenvalue weighted by Crippen LogP contribution is -1.94. The van der Waals surface area contributed by atoms with Crippen molar-refractivity contribution in [3.63, 3.8) is 0 Å². The van der Waals surface area contributed by atoms with Gasteiger partial charge in [-0.3, -0.25) is 0 Å². The molecule has 0 saturated carbocycles. The second-order valence-corrected chi connectivity index (χ2v) is 2.34. The first kappa shape index (κ1) is 7.36. The van der Waals surface area contributed by atoms with Crippen LogP contribution >= 0.6 is 19.7 Å². The van der Waals surface area contributed by atoms with Gasteiger partial charge in [0.25, 0.3) is 0 Å². The fourth-order valence-electron chi connectivity index (χ4n) is 0.0163. The van der Waals surface area contributed by atoms with Crippen LogP contribution in [-0.4, -0.2) is 4.89 Å². The van der Waals surface area contributed by atoms with E-state index >= 15 is 0 Å². The molecule has 0 aromatic heterocycles. The van der Waals surface area contributed by atoms with Gasteiger partial charge < -0.3 is 4.89 Å². The minimum Gasteiger partial charge on any atom is -0.301 e. The van der Waals surface area contributed by atoms with Crippen LogP contribution in [0.2, 0.25) is 0 Å². The van der Waals surface area contributed by atoms with Gasteiger partial charge in [-0.2, -0.15) is 8.70 Å². The number of rotatable bonds is 2. The fraction of sp³-hybridized carbons (Fsp3) is 0. The zero-order valence-electron chi connectivity index (χ0n) is 3.07. The highest BCUT2D eigenvalue weighted by Crippen LogP contribution is 2.41. The van der Waals surface area contributed by atoms with Gasteiger partial charge in [-0.05, 0) is 0 Å². The second-order valence-electron chi connectivity index (χ2n) is 0.643. The molecule has 1 unspecified atom stereocenters. The molecule has 0 fully saturated rings. The van der Waals surface area contributed by atoms with Gasteiger partial charge >= 0.3 is 7.82 Å². The lowest BCUT2D eigenvalue weighted by Gasteiger charge is -1.97. The molecular formula is H3ClNO4P. The summed E-state index contributed by atoms with van der Waals surface area (Å²) in [6, 6.07) is 0. The average molecular weight is 147 g/mol. The van der Waals surface area contributed by atoms with Crippen molar-refractivity contribution in [3.05, 3.63) is 0 Å². The fourth-order valence-corrected chi connectivity index (χ4v) is 0.146. The summed E-state index contributed by atoms with van der Waals surface area (Å²) in [5.41, 5.74) is 0.